The van der Waals surface area contributed by atoms with E-state index in [2.05, 4.69) is 67.7 Å². The Bertz CT molecular complexity index is 688. The van der Waals surface area contributed by atoms with Gasteiger partial charge in [0.25, 0.3) is 0 Å². The Balaban J connectivity index is 1.36. The van der Waals surface area contributed by atoms with Crippen LogP contribution in [-0.2, 0) is 6.54 Å². The minimum Gasteiger partial charge on any atom is -0.494 e. The minimum atomic E-state index is 0.673. The first-order valence-electron chi connectivity index (χ1n) is 11.4. The predicted molar refractivity (Wildman–Crippen MR) is 122 cm³/mol. The third-order valence-electron chi connectivity index (χ3n) is 5.76. The highest BCUT2D eigenvalue weighted by Gasteiger charge is 2.13. The Hall–Kier alpha value is -2.16. The van der Waals surface area contributed by atoms with Crippen molar-refractivity contribution in [3.8, 4) is 11.5 Å². The van der Waals surface area contributed by atoms with Gasteiger partial charge in [-0.2, -0.15) is 0 Å². The van der Waals surface area contributed by atoms with Crippen LogP contribution in [-0.4, -0.2) is 13.2 Å². The highest BCUT2D eigenvalue weighted by atomic mass is 16.5. The molecule has 3 nitrogen and oxygen atoms in total. The molecule has 1 saturated carbocycles. The van der Waals surface area contributed by atoms with E-state index in [9.17, 15) is 0 Å². The molecule has 0 saturated heterocycles. The zero-order chi connectivity index (χ0) is 20.3. The minimum absolute atomic E-state index is 0.673. The zero-order valence-corrected chi connectivity index (χ0v) is 18.2. The number of hydrogen-bond donors (Lipinski definition) is 1. The molecule has 2 aromatic rings. The SMILES string of the molecule is CC(C)CCOc1ccc(CNc2ccc(OCCC3CCCCC3)cc2)cc1. The molecule has 1 fully saturated rings. The van der Waals surface area contributed by atoms with Gasteiger partial charge in [-0.15, -0.1) is 0 Å². The van der Waals surface area contributed by atoms with Crippen molar-refractivity contribution in [2.24, 2.45) is 11.8 Å². The fourth-order valence-corrected chi connectivity index (χ4v) is 3.81. The lowest BCUT2D eigenvalue weighted by atomic mass is 9.87. The monoisotopic (exact) mass is 395 g/mol. The molecule has 0 aliphatic heterocycles. The largest absolute Gasteiger partial charge is 0.494 e. The van der Waals surface area contributed by atoms with E-state index in [4.69, 9.17) is 9.47 Å². The van der Waals surface area contributed by atoms with Crippen LogP contribution in [0.4, 0.5) is 5.69 Å². The standard InChI is InChI=1S/C26H37NO2/c1-21(2)16-18-28-25-12-8-23(9-13-25)20-27-24-10-14-26(15-11-24)29-19-17-22-6-4-3-5-7-22/h8-15,21-22,27H,3-7,16-20H2,1-2H3. The molecule has 0 radical (unpaired) electrons. The van der Waals surface area contributed by atoms with Gasteiger partial charge in [0.05, 0.1) is 13.2 Å². The van der Waals surface area contributed by atoms with E-state index in [1.54, 1.807) is 0 Å². The first kappa shape index (κ1) is 21.5. The van der Waals surface area contributed by atoms with Crippen molar-refractivity contribution in [1.29, 1.82) is 0 Å². The van der Waals surface area contributed by atoms with E-state index in [-0.39, 0.29) is 0 Å². The van der Waals surface area contributed by atoms with Crippen molar-refractivity contribution in [3.63, 3.8) is 0 Å². The van der Waals surface area contributed by atoms with Crippen molar-refractivity contribution >= 4 is 5.69 Å². The van der Waals surface area contributed by atoms with Crippen LogP contribution in [0.2, 0.25) is 0 Å². The molecule has 3 heteroatoms. The summed E-state index contributed by atoms with van der Waals surface area (Å²) in [5.41, 5.74) is 2.36. The molecule has 1 aliphatic rings. The number of nitrogens with one attached hydrogen (secondary N) is 1. The second kappa shape index (κ2) is 11.7. The molecular weight excluding hydrogens is 358 g/mol. The van der Waals surface area contributed by atoms with Gasteiger partial charge in [0.1, 0.15) is 11.5 Å². The summed E-state index contributed by atoms with van der Waals surface area (Å²) >= 11 is 0. The Morgan fingerprint density at radius 1 is 0.828 bits per heavy atom. The first-order valence-corrected chi connectivity index (χ1v) is 11.4. The lowest BCUT2D eigenvalue weighted by molar-refractivity contribution is 0.246. The third-order valence-corrected chi connectivity index (χ3v) is 5.76. The van der Waals surface area contributed by atoms with Crippen LogP contribution in [0.15, 0.2) is 48.5 Å². The third kappa shape index (κ3) is 8.00. The molecule has 2 aromatic carbocycles. The molecule has 0 aromatic heterocycles. The number of benzene rings is 2. The molecule has 1 N–H and O–H groups in total. The fourth-order valence-electron chi connectivity index (χ4n) is 3.81. The molecule has 29 heavy (non-hydrogen) atoms. The molecule has 0 spiro atoms. The molecular formula is C26H37NO2. The quantitative estimate of drug-likeness (QED) is 0.441. The van der Waals surface area contributed by atoms with Gasteiger partial charge in [0.2, 0.25) is 0 Å². The Labute approximate surface area is 176 Å². The summed E-state index contributed by atoms with van der Waals surface area (Å²) in [5.74, 6) is 3.46. The van der Waals surface area contributed by atoms with Crippen LogP contribution in [0.3, 0.4) is 0 Å². The number of anilines is 1. The first-order chi connectivity index (χ1) is 14.2. The van der Waals surface area contributed by atoms with E-state index in [0.717, 1.165) is 49.3 Å². The summed E-state index contributed by atoms with van der Waals surface area (Å²) in [4.78, 5) is 0. The Morgan fingerprint density at radius 3 is 2.10 bits per heavy atom. The Morgan fingerprint density at radius 2 is 1.45 bits per heavy atom. The summed E-state index contributed by atoms with van der Waals surface area (Å²) < 4.78 is 11.7. The highest BCUT2D eigenvalue weighted by Crippen LogP contribution is 2.26. The molecule has 0 atom stereocenters. The topological polar surface area (TPSA) is 30.5 Å². The zero-order valence-electron chi connectivity index (χ0n) is 18.2. The molecule has 158 valence electrons. The van der Waals surface area contributed by atoms with Crippen molar-refractivity contribution in [2.45, 2.75) is 65.3 Å². The van der Waals surface area contributed by atoms with Crippen molar-refractivity contribution < 1.29 is 9.47 Å². The molecule has 1 aliphatic carbocycles. The van der Waals surface area contributed by atoms with Crippen LogP contribution >= 0.6 is 0 Å². The van der Waals surface area contributed by atoms with Gasteiger partial charge in [-0.05, 0) is 66.6 Å². The molecule has 0 amide bonds. The highest BCUT2D eigenvalue weighted by molar-refractivity contribution is 5.47. The van der Waals surface area contributed by atoms with Gasteiger partial charge in [0.15, 0.2) is 0 Å². The lowest BCUT2D eigenvalue weighted by Gasteiger charge is -2.21. The van der Waals surface area contributed by atoms with Gasteiger partial charge in [-0.3, -0.25) is 0 Å². The van der Waals surface area contributed by atoms with Gasteiger partial charge < -0.3 is 14.8 Å². The Kier molecular flexibility index (Phi) is 8.73. The predicted octanol–water partition coefficient (Wildman–Crippen LogP) is 7.07. The molecule has 0 unspecified atom stereocenters. The van der Waals surface area contributed by atoms with Crippen LogP contribution in [0.1, 0.15) is 64.4 Å². The van der Waals surface area contributed by atoms with E-state index >= 15 is 0 Å². The number of ether oxygens (including phenoxy) is 2. The summed E-state index contributed by atoms with van der Waals surface area (Å²) in [6.07, 6.45) is 9.27. The van der Waals surface area contributed by atoms with Crippen LogP contribution in [0.25, 0.3) is 0 Å². The van der Waals surface area contributed by atoms with Gasteiger partial charge in [-0.1, -0.05) is 58.1 Å². The number of hydrogen-bond acceptors (Lipinski definition) is 3. The lowest BCUT2D eigenvalue weighted by Crippen LogP contribution is -2.10. The summed E-state index contributed by atoms with van der Waals surface area (Å²) in [5, 5.41) is 3.48. The van der Waals surface area contributed by atoms with Crippen LogP contribution in [0.5, 0.6) is 11.5 Å². The molecule has 3 rings (SSSR count). The second-order valence-corrected chi connectivity index (χ2v) is 8.69. The summed E-state index contributed by atoms with van der Waals surface area (Å²) in [7, 11) is 0. The van der Waals surface area contributed by atoms with Gasteiger partial charge >= 0.3 is 0 Å². The molecule has 0 heterocycles. The summed E-state index contributed by atoms with van der Waals surface area (Å²) in [6.45, 7) is 6.85. The van der Waals surface area contributed by atoms with Crippen LogP contribution in [0, 0.1) is 11.8 Å². The van der Waals surface area contributed by atoms with Gasteiger partial charge in [0, 0.05) is 12.2 Å². The normalized spacial score (nSPS) is 14.7. The van der Waals surface area contributed by atoms with E-state index < -0.39 is 0 Å². The maximum atomic E-state index is 5.94. The molecule has 0 bridgehead atoms. The average Bonchev–Trinajstić information content (AvgIpc) is 2.75. The van der Waals surface area contributed by atoms with Gasteiger partial charge in [-0.25, -0.2) is 0 Å². The second-order valence-electron chi connectivity index (χ2n) is 8.69. The van der Waals surface area contributed by atoms with E-state index in [0.29, 0.717) is 5.92 Å². The average molecular weight is 396 g/mol. The maximum Gasteiger partial charge on any atom is 0.119 e. The van der Waals surface area contributed by atoms with Crippen molar-refractivity contribution in [1.82, 2.24) is 0 Å². The maximum absolute atomic E-state index is 5.94. The fraction of sp³-hybridized carbons (Fsp3) is 0.538. The van der Waals surface area contributed by atoms with E-state index in [1.165, 1.54) is 44.1 Å². The van der Waals surface area contributed by atoms with Crippen LogP contribution < -0.4 is 14.8 Å². The number of rotatable bonds is 11. The van der Waals surface area contributed by atoms with E-state index in [1.807, 2.05) is 0 Å². The smallest absolute Gasteiger partial charge is 0.119 e. The summed E-state index contributed by atoms with van der Waals surface area (Å²) in [6, 6.07) is 16.7. The van der Waals surface area contributed by atoms with Crippen molar-refractivity contribution in [2.75, 3.05) is 18.5 Å². The van der Waals surface area contributed by atoms with Crippen molar-refractivity contribution in [3.05, 3.63) is 54.1 Å².